The Kier molecular flexibility index (Phi) is 8.95. The highest BCUT2D eigenvalue weighted by Crippen LogP contribution is 2.11. The van der Waals surface area contributed by atoms with E-state index in [0.29, 0.717) is 37.3 Å². The van der Waals surface area contributed by atoms with Crippen molar-refractivity contribution in [2.75, 3.05) is 26.7 Å². The first-order chi connectivity index (χ1) is 13.4. The highest BCUT2D eigenvalue weighted by molar-refractivity contribution is 6.61. The number of hydrogen-bond acceptors (Lipinski definition) is 5. The summed E-state index contributed by atoms with van der Waals surface area (Å²) in [5.41, 5.74) is 2.04. The Balaban J connectivity index is 1.72. The average molecular weight is 389 g/mol. The highest BCUT2D eigenvalue weighted by Gasteiger charge is 2.28. The second-order valence-corrected chi connectivity index (χ2v) is 7.46. The summed E-state index contributed by atoms with van der Waals surface area (Å²) in [4.78, 5) is 26.3. The molecule has 3 N–H and O–H groups in total. The van der Waals surface area contributed by atoms with Gasteiger partial charge in [-0.2, -0.15) is 0 Å². The van der Waals surface area contributed by atoms with E-state index in [0.717, 1.165) is 18.4 Å². The molecule has 7 nitrogen and oxygen atoms in total. The third kappa shape index (κ3) is 6.62. The minimum absolute atomic E-state index is 0.00443. The third-order valence-electron chi connectivity index (χ3n) is 5.13. The molecule has 1 aliphatic rings. The molecule has 0 fully saturated rings. The highest BCUT2D eigenvalue weighted by atomic mass is 16.5. The largest absolute Gasteiger partial charge is 0.491 e. The zero-order chi connectivity index (χ0) is 20.5. The van der Waals surface area contributed by atoms with Gasteiger partial charge in [0.2, 0.25) is 5.91 Å². The number of rotatable bonds is 11. The number of likely N-dealkylation sites (N-methyl/N-ethyl adjacent to an activating group) is 1. The molecular weight excluding hydrogens is 357 g/mol. The molecule has 8 heteroatoms. The molecule has 28 heavy (non-hydrogen) atoms. The van der Waals surface area contributed by atoms with Gasteiger partial charge in [0.05, 0.1) is 13.2 Å². The Hall–Kier alpha value is -1.90. The number of amides is 2. The minimum Gasteiger partial charge on any atom is -0.423 e. The lowest BCUT2D eigenvalue weighted by Crippen LogP contribution is -2.44. The fourth-order valence-corrected chi connectivity index (χ4v) is 3.07. The van der Waals surface area contributed by atoms with Gasteiger partial charge < -0.3 is 20.3 Å². The number of benzene rings is 1. The molecule has 0 bridgehead atoms. The Morgan fingerprint density at radius 2 is 2.07 bits per heavy atom. The number of nitrogens with zero attached hydrogens (tertiary/aromatic N) is 1. The monoisotopic (exact) mass is 389 g/mol. The molecule has 0 aromatic heterocycles. The van der Waals surface area contributed by atoms with E-state index in [2.05, 4.69) is 17.6 Å². The van der Waals surface area contributed by atoms with E-state index in [-0.39, 0.29) is 17.9 Å². The zero-order valence-corrected chi connectivity index (χ0v) is 17.2. The van der Waals surface area contributed by atoms with Crippen LogP contribution < -0.4 is 16.1 Å². The lowest BCUT2D eigenvalue weighted by molar-refractivity contribution is -0.122. The molecule has 2 amide bonds. The standard InChI is InChI=1S/C20H32BN3O4/c1-4-5-6-7-10-22-19(25)13-24(3)15(2)12-23-20(26)16-8-9-17-14-28-21(27)18(17)11-16/h8-9,11,15,27H,4-7,10,12-14H2,1-3H3,(H,22,25)(H,23,26). The summed E-state index contributed by atoms with van der Waals surface area (Å²) < 4.78 is 5.15. The van der Waals surface area contributed by atoms with E-state index < -0.39 is 7.12 Å². The molecule has 1 heterocycles. The van der Waals surface area contributed by atoms with Gasteiger partial charge in [-0.25, -0.2) is 0 Å². The number of carbonyl (C=O) groups is 2. The number of hydrogen-bond donors (Lipinski definition) is 3. The first-order valence-electron chi connectivity index (χ1n) is 10.1. The first kappa shape index (κ1) is 22.4. The van der Waals surface area contributed by atoms with Crippen LogP contribution in [0, 0.1) is 0 Å². The van der Waals surface area contributed by atoms with E-state index in [1.165, 1.54) is 12.8 Å². The molecule has 1 aromatic carbocycles. The van der Waals surface area contributed by atoms with Gasteiger partial charge in [-0.05, 0) is 43.6 Å². The van der Waals surface area contributed by atoms with Crippen molar-refractivity contribution in [3.63, 3.8) is 0 Å². The molecule has 1 atom stereocenters. The number of nitrogens with one attached hydrogen (secondary N) is 2. The predicted molar refractivity (Wildman–Crippen MR) is 110 cm³/mol. The summed E-state index contributed by atoms with van der Waals surface area (Å²) in [6.45, 7) is 5.93. The van der Waals surface area contributed by atoms with Crippen molar-refractivity contribution in [2.24, 2.45) is 0 Å². The summed E-state index contributed by atoms with van der Waals surface area (Å²) >= 11 is 0. The molecular formula is C20H32BN3O4. The van der Waals surface area contributed by atoms with Crippen LogP contribution >= 0.6 is 0 Å². The van der Waals surface area contributed by atoms with Gasteiger partial charge in [-0.3, -0.25) is 14.5 Å². The normalized spacial score (nSPS) is 14.1. The second kappa shape index (κ2) is 11.2. The van der Waals surface area contributed by atoms with Gasteiger partial charge in [0.25, 0.3) is 5.91 Å². The molecule has 0 radical (unpaired) electrons. The van der Waals surface area contributed by atoms with E-state index in [1.807, 2.05) is 18.9 Å². The van der Waals surface area contributed by atoms with Crippen LogP contribution in [0.5, 0.6) is 0 Å². The van der Waals surface area contributed by atoms with Crippen molar-refractivity contribution >= 4 is 24.4 Å². The van der Waals surface area contributed by atoms with Gasteiger partial charge in [0.1, 0.15) is 0 Å². The Morgan fingerprint density at radius 1 is 1.29 bits per heavy atom. The minimum atomic E-state index is -0.965. The van der Waals surface area contributed by atoms with Crippen LogP contribution in [0.15, 0.2) is 18.2 Å². The van der Waals surface area contributed by atoms with Crippen LogP contribution in [0.25, 0.3) is 0 Å². The predicted octanol–water partition coefficient (Wildman–Crippen LogP) is 0.651. The molecule has 1 unspecified atom stereocenters. The molecule has 154 valence electrons. The van der Waals surface area contributed by atoms with E-state index >= 15 is 0 Å². The summed E-state index contributed by atoms with van der Waals surface area (Å²) in [7, 11) is 0.907. The van der Waals surface area contributed by atoms with Crippen molar-refractivity contribution in [3.05, 3.63) is 29.3 Å². The molecule has 0 saturated carbocycles. The smallest absolute Gasteiger partial charge is 0.423 e. The van der Waals surface area contributed by atoms with Crippen LogP contribution in [0.3, 0.4) is 0 Å². The topological polar surface area (TPSA) is 90.9 Å². The fraction of sp³-hybridized carbons (Fsp3) is 0.600. The van der Waals surface area contributed by atoms with Crippen LogP contribution in [-0.4, -0.2) is 61.6 Å². The SMILES string of the molecule is CCCCCCNC(=O)CN(C)C(C)CNC(=O)c1ccc2c(c1)B(O)OC2. The van der Waals surface area contributed by atoms with Gasteiger partial charge in [-0.15, -0.1) is 0 Å². The van der Waals surface area contributed by atoms with E-state index in [9.17, 15) is 14.6 Å². The maximum Gasteiger partial charge on any atom is 0.491 e. The van der Waals surface area contributed by atoms with Crippen molar-refractivity contribution in [3.8, 4) is 0 Å². The van der Waals surface area contributed by atoms with E-state index in [1.54, 1.807) is 18.2 Å². The van der Waals surface area contributed by atoms with Crippen LogP contribution in [-0.2, 0) is 16.1 Å². The molecule has 1 aliphatic heterocycles. The van der Waals surface area contributed by atoms with Gasteiger partial charge in [-0.1, -0.05) is 32.3 Å². The van der Waals surface area contributed by atoms with Crippen molar-refractivity contribution in [2.45, 2.75) is 52.2 Å². The fourth-order valence-electron chi connectivity index (χ4n) is 3.07. The average Bonchev–Trinajstić information content (AvgIpc) is 3.05. The second-order valence-electron chi connectivity index (χ2n) is 7.46. The van der Waals surface area contributed by atoms with Gasteiger partial charge in [0.15, 0.2) is 0 Å². The quantitative estimate of drug-likeness (QED) is 0.382. The van der Waals surface area contributed by atoms with E-state index in [4.69, 9.17) is 4.65 Å². The lowest BCUT2D eigenvalue weighted by atomic mass is 9.79. The molecule has 2 rings (SSSR count). The van der Waals surface area contributed by atoms with Crippen LogP contribution in [0.2, 0.25) is 0 Å². The first-order valence-corrected chi connectivity index (χ1v) is 10.1. The summed E-state index contributed by atoms with van der Waals surface area (Å²) in [6, 6.07) is 5.22. The number of fused-ring (bicyclic) bond motifs is 1. The van der Waals surface area contributed by atoms with Gasteiger partial charge in [0, 0.05) is 24.7 Å². The Morgan fingerprint density at radius 3 is 2.82 bits per heavy atom. The Labute approximate surface area is 168 Å². The number of unbranched alkanes of at least 4 members (excludes halogenated alkanes) is 3. The maximum absolute atomic E-state index is 12.4. The van der Waals surface area contributed by atoms with Gasteiger partial charge >= 0.3 is 7.12 Å². The zero-order valence-electron chi connectivity index (χ0n) is 17.2. The summed E-state index contributed by atoms with van der Waals surface area (Å²) in [5, 5.41) is 15.6. The maximum atomic E-state index is 12.4. The van der Waals surface area contributed by atoms with Crippen molar-refractivity contribution < 1.29 is 19.3 Å². The summed E-state index contributed by atoms with van der Waals surface area (Å²) in [6.07, 6.45) is 4.53. The van der Waals surface area contributed by atoms with Crippen LogP contribution in [0.4, 0.5) is 0 Å². The van der Waals surface area contributed by atoms with Crippen molar-refractivity contribution in [1.29, 1.82) is 0 Å². The third-order valence-corrected chi connectivity index (χ3v) is 5.13. The number of carbonyl (C=O) groups excluding carboxylic acids is 2. The van der Waals surface area contributed by atoms with Crippen molar-refractivity contribution in [1.82, 2.24) is 15.5 Å². The van der Waals surface area contributed by atoms with Crippen LogP contribution in [0.1, 0.15) is 55.5 Å². The molecule has 0 saturated heterocycles. The lowest BCUT2D eigenvalue weighted by Gasteiger charge is -2.24. The molecule has 0 aliphatic carbocycles. The molecule has 0 spiro atoms. The summed E-state index contributed by atoms with van der Waals surface area (Å²) in [5.74, 6) is -0.202. The molecule has 1 aromatic rings. The Bertz CT molecular complexity index is 671.